The normalized spacial score (nSPS) is 11.4. The second-order valence-corrected chi connectivity index (χ2v) is 4.45. The van der Waals surface area contributed by atoms with Gasteiger partial charge in [-0.2, -0.15) is 0 Å². The fourth-order valence-electron chi connectivity index (χ4n) is 1.85. The molecule has 5 nitrogen and oxygen atoms in total. The minimum absolute atomic E-state index is 0.132. The van der Waals surface area contributed by atoms with E-state index in [4.69, 9.17) is 10.5 Å². The van der Waals surface area contributed by atoms with E-state index in [1.54, 1.807) is 24.3 Å². The zero-order chi connectivity index (χ0) is 15.1. The second kappa shape index (κ2) is 7.09. The summed E-state index contributed by atoms with van der Waals surface area (Å²) in [7, 11) is 0. The molecule has 5 heteroatoms. The van der Waals surface area contributed by atoms with Gasteiger partial charge in [-0.3, -0.25) is 4.79 Å². The number of rotatable bonds is 5. The Morgan fingerprint density at radius 3 is 2.14 bits per heavy atom. The average molecular weight is 284 g/mol. The molecule has 0 heterocycles. The van der Waals surface area contributed by atoms with Gasteiger partial charge in [-0.1, -0.05) is 60.7 Å². The minimum Gasteiger partial charge on any atom is -0.445 e. The largest absolute Gasteiger partial charge is 0.445 e. The Morgan fingerprint density at radius 1 is 1.00 bits per heavy atom. The van der Waals surface area contributed by atoms with Crippen LogP contribution in [0.15, 0.2) is 60.7 Å². The molecule has 0 saturated heterocycles. The van der Waals surface area contributed by atoms with Gasteiger partial charge in [-0.25, -0.2) is 4.79 Å². The number of hydrogen-bond donors (Lipinski definition) is 2. The van der Waals surface area contributed by atoms with Gasteiger partial charge >= 0.3 is 6.09 Å². The molecule has 0 aromatic heterocycles. The van der Waals surface area contributed by atoms with Crippen molar-refractivity contribution in [2.45, 2.75) is 12.6 Å². The summed E-state index contributed by atoms with van der Waals surface area (Å²) in [5.74, 6) is -0.641. The molecule has 2 aromatic rings. The summed E-state index contributed by atoms with van der Waals surface area (Å²) >= 11 is 0. The van der Waals surface area contributed by atoms with E-state index in [-0.39, 0.29) is 6.61 Å². The van der Waals surface area contributed by atoms with Gasteiger partial charge in [0.25, 0.3) is 0 Å². The van der Waals surface area contributed by atoms with Gasteiger partial charge in [0, 0.05) is 0 Å². The van der Waals surface area contributed by atoms with Crippen LogP contribution in [0.25, 0.3) is 0 Å². The van der Waals surface area contributed by atoms with Crippen molar-refractivity contribution in [3.63, 3.8) is 0 Å². The Balaban J connectivity index is 1.95. The molecule has 2 amide bonds. The number of carbonyl (C=O) groups is 2. The number of alkyl carbamates (subject to hydrolysis) is 1. The first-order chi connectivity index (χ1) is 10.2. The summed E-state index contributed by atoms with van der Waals surface area (Å²) in [6.07, 6.45) is -0.688. The number of carbonyl (C=O) groups excluding carboxylic acids is 2. The molecule has 0 unspecified atom stereocenters. The lowest BCUT2D eigenvalue weighted by Crippen LogP contribution is -2.37. The topological polar surface area (TPSA) is 81.4 Å². The standard InChI is InChI=1S/C16H16N2O3/c17-15(19)14(13-9-5-2-6-10-13)18-16(20)21-11-12-7-3-1-4-8-12/h1-10,14H,11H2,(H2,17,19)(H,18,20)/t14-/m1/s1. The first-order valence-corrected chi connectivity index (χ1v) is 6.48. The predicted molar refractivity (Wildman–Crippen MR) is 78.1 cm³/mol. The molecule has 0 saturated carbocycles. The summed E-state index contributed by atoms with van der Waals surface area (Å²) in [6, 6.07) is 17.1. The van der Waals surface area contributed by atoms with Crippen LogP contribution in [0.1, 0.15) is 17.2 Å². The Labute approximate surface area is 122 Å². The Bertz CT molecular complexity index is 599. The van der Waals surface area contributed by atoms with Crippen molar-refractivity contribution in [3.05, 3.63) is 71.8 Å². The number of benzene rings is 2. The number of amides is 2. The lowest BCUT2D eigenvalue weighted by atomic mass is 10.1. The maximum Gasteiger partial charge on any atom is 0.408 e. The summed E-state index contributed by atoms with van der Waals surface area (Å²) < 4.78 is 5.07. The van der Waals surface area contributed by atoms with Crippen LogP contribution in [0.4, 0.5) is 4.79 Å². The van der Waals surface area contributed by atoms with E-state index < -0.39 is 18.0 Å². The number of nitrogens with one attached hydrogen (secondary N) is 1. The van der Waals surface area contributed by atoms with Crippen LogP contribution in [-0.4, -0.2) is 12.0 Å². The van der Waals surface area contributed by atoms with E-state index in [9.17, 15) is 9.59 Å². The fourth-order valence-corrected chi connectivity index (χ4v) is 1.85. The summed E-state index contributed by atoms with van der Waals surface area (Å²) in [4.78, 5) is 23.2. The molecule has 108 valence electrons. The van der Waals surface area contributed by atoms with Crippen LogP contribution < -0.4 is 11.1 Å². The van der Waals surface area contributed by atoms with Crippen molar-refractivity contribution in [1.82, 2.24) is 5.32 Å². The van der Waals surface area contributed by atoms with Crippen molar-refractivity contribution in [2.75, 3.05) is 0 Å². The van der Waals surface area contributed by atoms with E-state index in [0.717, 1.165) is 5.56 Å². The number of hydrogen-bond acceptors (Lipinski definition) is 3. The molecule has 0 aliphatic carbocycles. The average Bonchev–Trinajstić information content (AvgIpc) is 2.52. The molecule has 3 N–H and O–H groups in total. The number of ether oxygens (including phenoxy) is 1. The van der Waals surface area contributed by atoms with Crippen LogP contribution in [0.5, 0.6) is 0 Å². The molecule has 0 fully saturated rings. The molecule has 0 bridgehead atoms. The highest BCUT2D eigenvalue weighted by Gasteiger charge is 2.20. The van der Waals surface area contributed by atoms with E-state index >= 15 is 0 Å². The van der Waals surface area contributed by atoms with Crippen LogP contribution in [0, 0.1) is 0 Å². The van der Waals surface area contributed by atoms with Crippen LogP contribution in [0.3, 0.4) is 0 Å². The smallest absolute Gasteiger partial charge is 0.408 e. The Kier molecular flexibility index (Phi) is 4.93. The van der Waals surface area contributed by atoms with Gasteiger partial charge in [-0.15, -0.1) is 0 Å². The van der Waals surface area contributed by atoms with Gasteiger partial charge in [-0.05, 0) is 11.1 Å². The minimum atomic E-state index is -0.908. The van der Waals surface area contributed by atoms with Crippen molar-refractivity contribution in [2.24, 2.45) is 5.73 Å². The molecule has 0 spiro atoms. The highest BCUT2D eigenvalue weighted by Crippen LogP contribution is 2.12. The molecular formula is C16H16N2O3. The van der Waals surface area contributed by atoms with Gasteiger partial charge in [0.2, 0.25) is 5.91 Å². The predicted octanol–water partition coefficient (Wildman–Crippen LogP) is 2.14. The molecule has 0 aliphatic rings. The molecule has 2 rings (SSSR count). The van der Waals surface area contributed by atoms with Crippen molar-refractivity contribution in [3.8, 4) is 0 Å². The quantitative estimate of drug-likeness (QED) is 0.882. The van der Waals surface area contributed by atoms with E-state index in [1.165, 1.54) is 0 Å². The maximum absolute atomic E-state index is 11.8. The summed E-state index contributed by atoms with van der Waals surface area (Å²) in [6.45, 7) is 0.132. The molecular weight excluding hydrogens is 268 g/mol. The van der Waals surface area contributed by atoms with Gasteiger partial charge in [0.05, 0.1) is 0 Å². The summed E-state index contributed by atoms with van der Waals surface area (Å²) in [5, 5.41) is 2.47. The van der Waals surface area contributed by atoms with Gasteiger partial charge in [0.15, 0.2) is 0 Å². The maximum atomic E-state index is 11.8. The number of nitrogens with two attached hydrogens (primary N) is 1. The van der Waals surface area contributed by atoms with Gasteiger partial charge < -0.3 is 15.8 Å². The van der Waals surface area contributed by atoms with Crippen LogP contribution in [-0.2, 0) is 16.1 Å². The van der Waals surface area contributed by atoms with Crippen LogP contribution in [0.2, 0.25) is 0 Å². The SMILES string of the molecule is NC(=O)[C@H](NC(=O)OCc1ccccc1)c1ccccc1. The monoisotopic (exact) mass is 284 g/mol. The Morgan fingerprint density at radius 2 is 1.57 bits per heavy atom. The molecule has 21 heavy (non-hydrogen) atoms. The lowest BCUT2D eigenvalue weighted by molar-refractivity contribution is -0.120. The molecule has 0 radical (unpaired) electrons. The van der Waals surface area contributed by atoms with E-state index in [0.29, 0.717) is 5.56 Å². The number of primary amides is 1. The highest BCUT2D eigenvalue weighted by atomic mass is 16.5. The van der Waals surface area contributed by atoms with E-state index in [2.05, 4.69) is 5.32 Å². The Hall–Kier alpha value is -2.82. The van der Waals surface area contributed by atoms with Crippen molar-refractivity contribution in [1.29, 1.82) is 0 Å². The first-order valence-electron chi connectivity index (χ1n) is 6.48. The summed E-state index contributed by atoms with van der Waals surface area (Å²) in [5.41, 5.74) is 6.79. The lowest BCUT2D eigenvalue weighted by Gasteiger charge is -2.15. The second-order valence-electron chi connectivity index (χ2n) is 4.45. The first kappa shape index (κ1) is 14.6. The fraction of sp³-hybridized carbons (Fsp3) is 0.125. The van der Waals surface area contributed by atoms with Crippen LogP contribution >= 0.6 is 0 Å². The zero-order valence-electron chi connectivity index (χ0n) is 11.4. The molecule has 0 aliphatic heterocycles. The third kappa shape index (κ3) is 4.35. The van der Waals surface area contributed by atoms with Gasteiger partial charge in [0.1, 0.15) is 12.6 Å². The third-order valence-corrected chi connectivity index (χ3v) is 2.89. The zero-order valence-corrected chi connectivity index (χ0v) is 11.4. The molecule has 1 atom stereocenters. The third-order valence-electron chi connectivity index (χ3n) is 2.89. The van der Waals surface area contributed by atoms with E-state index in [1.807, 2.05) is 36.4 Å². The van der Waals surface area contributed by atoms with Crippen molar-refractivity contribution >= 4 is 12.0 Å². The highest BCUT2D eigenvalue weighted by molar-refractivity contribution is 5.85. The van der Waals surface area contributed by atoms with Crippen molar-refractivity contribution < 1.29 is 14.3 Å². The molecule has 2 aromatic carbocycles.